The molecule has 1 heterocycles. The van der Waals surface area contributed by atoms with Gasteiger partial charge in [-0.05, 0) is 60.5 Å². The molecule has 1 aliphatic rings. The molecule has 4 rings (SSSR count). The molecular formula is C25H17Cl4N3O3. The number of nitrogens with one attached hydrogen (secondary N) is 2. The fourth-order valence-electron chi connectivity index (χ4n) is 3.49. The molecule has 0 bridgehead atoms. The van der Waals surface area contributed by atoms with Crippen LogP contribution in [0.1, 0.15) is 21.5 Å². The third kappa shape index (κ3) is 5.16. The van der Waals surface area contributed by atoms with Gasteiger partial charge in [0.05, 0.1) is 5.69 Å². The number of hydrogen-bond acceptors (Lipinski definition) is 4. The molecule has 0 saturated heterocycles. The summed E-state index contributed by atoms with van der Waals surface area (Å²) < 4.78 is 0. The highest BCUT2D eigenvalue weighted by atomic mass is 35.5. The minimum absolute atomic E-state index is 0.0958. The van der Waals surface area contributed by atoms with Crippen LogP contribution >= 0.6 is 46.4 Å². The van der Waals surface area contributed by atoms with Gasteiger partial charge in [0.15, 0.2) is 0 Å². The summed E-state index contributed by atoms with van der Waals surface area (Å²) in [7, 11) is 0. The van der Waals surface area contributed by atoms with Gasteiger partial charge < -0.3 is 10.6 Å². The molecule has 0 unspecified atom stereocenters. The van der Waals surface area contributed by atoms with E-state index in [2.05, 4.69) is 10.6 Å². The number of carbonyl (C=O) groups excluding carboxylic acids is 3. The Morgan fingerprint density at radius 1 is 0.886 bits per heavy atom. The zero-order valence-corrected chi connectivity index (χ0v) is 21.2. The van der Waals surface area contributed by atoms with Crippen molar-refractivity contribution in [3.8, 4) is 0 Å². The number of carbonyl (C=O) groups is 3. The van der Waals surface area contributed by atoms with Gasteiger partial charge in [-0.1, -0.05) is 64.6 Å². The Labute approximate surface area is 221 Å². The molecule has 35 heavy (non-hydrogen) atoms. The van der Waals surface area contributed by atoms with Crippen molar-refractivity contribution in [2.24, 2.45) is 0 Å². The molecule has 3 aromatic carbocycles. The topological polar surface area (TPSA) is 78.5 Å². The number of anilines is 2. The van der Waals surface area contributed by atoms with E-state index in [4.69, 9.17) is 46.4 Å². The van der Waals surface area contributed by atoms with Crippen LogP contribution in [0.15, 0.2) is 71.4 Å². The van der Waals surface area contributed by atoms with Crippen LogP contribution in [0.3, 0.4) is 0 Å². The fourth-order valence-corrected chi connectivity index (χ4v) is 4.35. The molecule has 0 aliphatic carbocycles. The quantitative estimate of drug-likeness (QED) is 0.353. The van der Waals surface area contributed by atoms with E-state index >= 15 is 0 Å². The lowest BCUT2D eigenvalue weighted by Gasteiger charge is -2.18. The predicted molar refractivity (Wildman–Crippen MR) is 139 cm³/mol. The van der Waals surface area contributed by atoms with E-state index in [1.54, 1.807) is 67.6 Å². The third-order valence-electron chi connectivity index (χ3n) is 5.36. The van der Waals surface area contributed by atoms with Crippen molar-refractivity contribution in [3.05, 3.63) is 103 Å². The molecule has 0 spiro atoms. The van der Waals surface area contributed by atoms with Gasteiger partial charge in [-0.3, -0.25) is 14.4 Å². The van der Waals surface area contributed by atoms with E-state index in [0.29, 0.717) is 43.1 Å². The average Bonchev–Trinajstić information content (AvgIpc) is 3.03. The monoisotopic (exact) mass is 547 g/mol. The second-order valence-corrected chi connectivity index (χ2v) is 9.27. The van der Waals surface area contributed by atoms with Gasteiger partial charge in [-0.2, -0.15) is 0 Å². The number of rotatable bonds is 6. The lowest BCUT2D eigenvalue weighted by atomic mass is 10.1. The second kappa shape index (κ2) is 10.3. The lowest BCUT2D eigenvalue weighted by Crippen LogP contribution is -2.32. The Balaban J connectivity index is 1.51. The van der Waals surface area contributed by atoms with Gasteiger partial charge in [0.1, 0.15) is 10.7 Å². The SMILES string of the molecule is Cc1c(Cl)cccc1N1C(=O)C(Cl)=C(Nc2cccc(C(=O)NCc3ccc(Cl)cc3Cl)c2)C1=O. The smallest absolute Gasteiger partial charge is 0.283 e. The first kappa shape index (κ1) is 25.1. The van der Waals surface area contributed by atoms with Crippen LogP contribution in [0.25, 0.3) is 0 Å². The summed E-state index contributed by atoms with van der Waals surface area (Å²) in [5, 5.41) is 6.76. The highest BCUT2D eigenvalue weighted by molar-refractivity contribution is 6.53. The average molecular weight is 549 g/mol. The van der Waals surface area contributed by atoms with E-state index in [-0.39, 0.29) is 23.2 Å². The van der Waals surface area contributed by atoms with E-state index in [0.717, 1.165) is 4.90 Å². The highest BCUT2D eigenvalue weighted by Gasteiger charge is 2.39. The zero-order chi connectivity index (χ0) is 25.3. The Hall–Kier alpha value is -3.03. The molecule has 1 aliphatic heterocycles. The predicted octanol–water partition coefficient (Wildman–Crippen LogP) is 6.32. The largest absolute Gasteiger partial charge is 0.350 e. The molecule has 2 N–H and O–H groups in total. The van der Waals surface area contributed by atoms with Gasteiger partial charge in [0, 0.05) is 32.9 Å². The summed E-state index contributed by atoms with van der Waals surface area (Å²) in [5.74, 6) is -1.65. The minimum Gasteiger partial charge on any atom is -0.350 e. The van der Waals surface area contributed by atoms with E-state index in [1.165, 1.54) is 0 Å². The number of nitrogens with zero attached hydrogens (tertiary/aromatic N) is 1. The Morgan fingerprint density at radius 3 is 2.37 bits per heavy atom. The van der Waals surface area contributed by atoms with Crippen LogP contribution in [0.2, 0.25) is 15.1 Å². The first-order valence-electron chi connectivity index (χ1n) is 10.3. The van der Waals surface area contributed by atoms with Gasteiger partial charge in [0.25, 0.3) is 17.7 Å². The first-order chi connectivity index (χ1) is 16.7. The van der Waals surface area contributed by atoms with Crippen LogP contribution < -0.4 is 15.5 Å². The molecular weight excluding hydrogens is 532 g/mol. The maximum absolute atomic E-state index is 13.1. The Bertz CT molecular complexity index is 1400. The van der Waals surface area contributed by atoms with Crippen LogP contribution in [0.4, 0.5) is 11.4 Å². The molecule has 0 radical (unpaired) electrons. The molecule has 3 aromatic rings. The third-order valence-corrected chi connectivity index (χ3v) is 6.70. The van der Waals surface area contributed by atoms with Crippen molar-refractivity contribution in [1.29, 1.82) is 0 Å². The van der Waals surface area contributed by atoms with Crippen LogP contribution in [-0.2, 0) is 16.1 Å². The van der Waals surface area contributed by atoms with Crippen molar-refractivity contribution < 1.29 is 14.4 Å². The van der Waals surface area contributed by atoms with E-state index < -0.39 is 11.8 Å². The normalized spacial score (nSPS) is 13.5. The number of imide groups is 1. The van der Waals surface area contributed by atoms with Crippen molar-refractivity contribution in [3.63, 3.8) is 0 Å². The molecule has 0 saturated carbocycles. The molecule has 3 amide bonds. The molecule has 0 atom stereocenters. The van der Waals surface area contributed by atoms with Crippen LogP contribution in [0, 0.1) is 6.92 Å². The standard InChI is InChI=1S/C25H17Cl4N3O3/c1-13-18(27)6-3-7-20(13)32-24(34)21(29)22(25(32)35)31-17-5-2-4-14(10-17)23(33)30-12-15-8-9-16(26)11-19(15)28/h2-11,31H,12H2,1H3,(H,30,33). The van der Waals surface area contributed by atoms with E-state index in [9.17, 15) is 14.4 Å². The number of hydrogen-bond donors (Lipinski definition) is 2. The number of amides is 3. The minimum atomic E-state index is -0.668. The molecule has 0 fully saturated rings. The summed E-state index contributed by atoms with van der Waals surface area (Å²) in [6.07, 6.45) is 0. The summed E-state index contributed by atoms with van der Waals surface area (Å²) in [4.78, 5) is 39.5. The molecule has 10 heteroatoms. The van der Waals surface area contributed by atoms with Gasteiger partial charge in [-0.25, -0.2) is 4.90 Å². The van der Waals surface area contributed by atoms with Gasteiger partial charge in [0.2, 0.25) is 0 Å². The lowest BCUT2D eigenvalue weighted by molar-refractivity contribution is -0.120. The maximum Gasteiger partial charge on any atom is 0.283 e. The zero-order valence-electron chi connectivity index (χ0n) is 18.2. The fraction of sp³-hybridized carbons (Fsp3) is 0.0800. The van der Waals surface area contributed by atoms with Crippen LogP contribution in [0.5, 0.6) is 0 Å². The molecule has 6 nitrogen and oxygen atoms in total. The van der Waals surface area contributed by atoms with E-state index in [1.807, 2.05) is 0 Å². The summed E-state index contributed by atoms with van der Waals surface area (Å²) >= 11 is 24.4. The van der Waals surface area contributed by atoms with Gasteiger partial charge in [-0.15, -0.1) is 0 Å². The first-order valence-corrected chi connectivity index (χ1v) is 11.8. The second-order valence-electron chi connectivity index (χ2n) is 7.64. The number of halogens is 4. The van der Waals surface area contributed by atoms with Crippen LogP contribution in [-0.4, -0.2) is 17.7 Å². The van der Waals surface area contributed by atoms with Gasteiger partial charge >= 0.3 is 0 Å². The van der Waals surface area contributed by atoms with Crippen molar-refractivity contribution in [2.75, 3.05) is 10.2 Å². The van der Waals surface area contributed by atoms with Crippen molar-refractivity contribution in [2.45, 2.75) is 13.5 Å². The highest BCUT2D eigenvalue weighted by Crippen LogP contribution is 2.34. The van der Waals surface area contributed by atoms with Crippen molar-refractivity contribution >= 4 is 75.5 Å². The summed E-state index contributed by atoms with van der Waals surface area (Å²) in [6.45, 7) is 1.90. The maximum atomic E-state index is 13.1. The molecule has 178 valence electrons. The molecule has 0 aromatic heterocycles. The Morgan fingerprint density at radius 2 is 1.63 bits per heavy atom. The van der Waals surface area contributed by atoms with Crippen molar-refractivity contribution in [1.82, 2.24) is 5.32 Å². The summed E-state index contributed by atoms with van der Waals surface area (Å²) in [5.41, 5.74) is 2.26. The number of benzene rings is 3. The summed E-state index contributed by atoms with van der Waals surface area (Å²) in [6, 6.07) is 16.4. The Kier molecular flexibility index (Phi) is 7.38.